The van der Waals surface area contributed by atoms with E-state index in [-0.39, 0.29) is 25.5 Å². The number of aliphatic imine (C=N–C) groups is 1. The molecule has 1 aliphatic carbocycles. The smallest absolute Gasteiger partial charge is 0.266 e. The third-order valence-electron chi connectivity index (χ3n) is 7.99. The maximum atomic E-state index is 14.3. The molecule has 4 N–H and O–H groups in total. The Labute approximate surface area is 262 Å². The number of aliphatic hydroxyl groups is 2. The molecule has 0 radical (unpaired) electrons. The van der Waals surface area contributed by atoms with Gasteiger partial charge in [-0.3, -0.25) is 10.2 Å². The number of benzene rings is 3. The Balaban J connectivity index is 1.51. The van der Waals surface area contributed by atoms with Crippen LogP contribution in [0.15, 0.2) is 77.8 Å². The van der Waals surface area contributed by atoms with E-state index in [4.69, 9.17) is 42.8 Å². The molecule has 43 heavy (non-hydrogen) atoms. The van der Waals surface area contributed by atoms with Crippen LogP contribution in [0.4, 0.5) is 0 Å². The lowest BCUT2D eigenvalue weighted by Gasteiger charge is -2.34. The van der Waals surface area contributed by atoms with Gasteiger partial charge in [-0.05, 0) is 54.8 Å². The number of hydrogen-bond donors (Lipinski definition) is 4. The zero-order chi connectivity index (χ0) is 30.3. The number of amides is 1. The minimum Gasteiger partial charge on any atom is -0.494 e. The molecule has 2 aliphatic rings. The first kappa shape index (κ1) is 31.3. The number of halogens is 2. The van der Waals surface area contributed by atoms with Crippen LogP contribution in [0.2, 0.25) is 10.0 Å². The topological polar surface area (TPSA) is 112 Å². The lowest BCUT2D eigenvalue weighted by molar-refractivity contribution is -0.130. The molecule has 0 saturated heterocycles. The molecule has 0 spiro atoms. The van der Waals surface area contributed by atoms with Gasteiger partial charge >= 0.3 is 0 Å². The van der Waals surface area contributed by atoms with Crippen molar-refractivity contribution in [3.8, 4) is 5.75 Å². The first-order valence-electron chi connectivity index (χ1n) is 14.7. The molecule has 8 nitrogen and oxygen atoms in total. The highest BCUT2D eigenvalue weighted by Crippen LogP contribution is 2.45. The molecule has 3 aromatic carbocycles. The van der Waals surface area contributed by atoms with Gasteiger partial charge in [0.25, 0.3) is 5.91 Å². The summed E-state index contributed by atoms with van der Waals surface area (Å²) in [6, 6.07) is 22.0. The number of nitrogens with one attached hydrogen (secondary N) is 2. The average Bonchev–Trinajstić information content (AvgIpc) is 3.38. The molecule has 1 heterocycles. The molecule has 1 saturated carbocycles. The van der Waals surface area contributed by atoms with Crippen molar-refractivity contribution >= 4 is 35.0 Å². The van der Waals surface area contributed by atoms with Gasteiger partial charge in [0.15, 0.2) is 11.6 Å². The van der Waals surface area contributed by atoms with Gasteiger partial charge in [-0.25, -0.2) is 10.4 Å². The highest BCUT2D eigenvalue weighted by atomic mass is 35.5. The van der Waals surface area contributed by atoms with E-state index in [1.807, 2.05) is 42.5 Å². The van der Waals surface area contributed by atoms with E-state index in [0.29, 0.717) is 52.8 Å². The van der Waals surface area contributed by atoms with Gasteiger partial charge in [0.05, 0.1) is 12.2 Å². The highest BCUT2D eigenvalue weighted by molar-refractivity contribution is 6.35. The molecule has 1 fully saturated rings. The molecular formula is C33H37Cl2N3O5. The second kappa shape index (κ2) is 14.1. The van der Waals surface area contributed by atoms with Crippen molar-refractivity contribution in [3.05, 3.63) is 99.5 Å². The van der Waals surface area contributed by atoms with Gasteiger partial charge in [0.1, 0.15) is 5.75 Å². The Morgan fingerprint density at radius 1 is 1.02 bits per heavy atom. The summed E-state index contributed by atoms with van der Waals surface area (Å²) in [6.07, 6.45) is 4.24. The van der Waals surface area contributed by atoms with E-state index in [2.05, 4.69) is 10.9 Å². The third-order valence-corrected chi connectivity index (χ3v) is 8.56. The lowest BCUT2D eigenvalue weighted by atomic mass is 9.82. The normalized spacial score (nSPS) is 21.1. The SMILES string of the molecule is O=C(NNCC1(O)CCCCC1)[C@@]1(Cc2ccccc2)N=C(c2ccc(OCCCO)cc2)O[C@H]1c1ccc(Cl)cc1Cl. The van der Waals surface area contributed by atoms with Crippen LogP contribution in [0.1, 0.15) is 61.3 Å². The molecule has 3 aromatic rings. The number of carbonyl (C=O) groups is 1. The van der Waals surface area contributed by atoms with E-state index >= 15 is 0 Å². The van der Waals surface area contributed by atoms with E-state index in [9.17, 15) is 9.90 Å². The van der Waals surface area contributed by atoms with Crippen LogP contribution >= 0.6 is 23.2 Å². The number of ether oxygens (including phenoxy) is 2. The molecule has 0 bridgehead atoms. The van der Waals surface area contributed by atoms with Gasteiger partial charge in [-0.15, -0.1) is 0 Å². The highest BCUT2D eigenvalue weighted by Gasteiger charge is 2.54. The minimum atomic E-state index is -1.45. The molecule has 5 rings (SSSR count). The first-order valence-corrected chi connectivity index (χ1v) is 15.4. The van der Waals surface area contributed by atoms with Crippen LogP contribution < -0.4 is 15.6 Å². The van der Waals surface area contributed by atoms with Gasteiger partial charge in [0.2, 0.25) is 5.90 Å². The van der Waals surface area contributed by atoms with E-state index in [1.54, 1.807) is 30.3 Å². The maximum absolute atomic E-state index is 14.3. The molecular weight excluding hydrogens is 589 g/mol. The first-order chi connectivity index (χ1) is 20.8. The fraction of sp³-hybridized carbons (Fsp3) is 0.394. The summed E-state index contributed by atoms with van der Waals surface area (Å²) in [7, 11) is 0. The van der Waals surface area contributed by atoms with Crippen molar-refractivity contribution < 1.29 is 24.5 Å². The fourth-order valence-electron chi connectivity index (χ4n) is 5.66. The Kier molecular flexibility index (Phi) is 10.3. The lowest BCUT2D eigenvalue weighted by Crippen LogP contribution is -2.56. The fourth-order valence-corrected chi connectivity index (χ4v) is 6.17. The molecule has 0 unspecified atom stereocenters. The van der Waals surface area contributed by atoms with Crippen molar-refractivity contribution in [3.63, 3.8) is 0 Å². The van der Waals surface area contributed by atoms with Crippen LogP contribution in [0, 0.1) is 0 Å². The number of carbonyl (C=O) groups excluding carboxylic acids is 1. The summed E-state index contributed by atoms with van der Waals surface area (Å²) in [6.45, 7) is 0.672. The third kappa shape index (κ3) is 7.51. The second-order valence-electron chi connectivity index (χ2n) is 11.2. The summed E-state index contributed by atoms with van der Waals surface area (Å²) in [5.74, 6) is 0.520. The standard InChI is InChI=1S/C33H37Cl2N3O5/c34-25-12-15-27(28(35)20-25)29-33(21-23-8-3-1-4-9-23,31(40)38-36-22-32(41)16-5-2-6-17-32)37-30(43-29)24-10-13-26(14-11-24)42-19-7-18-39/h1,3-4,8-15,20,29,36,39,41H,2,5-7,16-19,21-22H2,(H,38,40)/t29-,33-/m0/s1. The van der Waals surface area contributed by atoms with E-state index in [0.717, 1.165) is 24.8 Å². The van der Waals surface area contributed by atoms with Gasteiger partial charge < -0.3 is 19.7 Å². The van der Waals surface area contributed by atoms with Crippen molar-refractivity contribution in [1.29, 1.82) is 0 Å². The summed E-state index contributed by atoms with van der Waals surface area (Å²) < 4.78 is 12.2. The molecule has 0 aromatic heterocycles. The number of aliphatic hydroxyl groups excluding tert-OH is 1. The summed E-state index contributed by atoms with van der Waals surface area (Å²) in [5.41, 5.74) is 5.65. The molecule has 228 valence electrons. The minimum absolute atomic E-state index is 0.0527. The predicted molar refractivity (Wildman–Crippen MR) is 168 cm³/mol. The Hall–Kier alpha value is -3.14. The van der Waals surface area contributed by atoms with Crippen LogP contribution in [0.25, 0.3) is 0 Å². The van der Waals surface area contributed by atoms with Crippen LogP contribution in [-0.2, 0) is 16.0 Å². The molecule has 1 aliphatic heterocycles. The van der Waals surface area contributed by atoms with Crippen LogP contribution in [0.3, 0.4) is 0 Å². The van der Waals surface area contributed by atoms with Crippen molar-refractivity contribution in [2.24, 2.45) is 4.99 Å². The van der Waals surface area contributed by atoms with E-state index in [1.165, 1.54) is 0 Å². The zero-order valence-electron chi connectivity index (χ0n) is 23.9. The van der Waals surface area contributed by atoms with E-state index < -0.39 is 23.2 Å². The Bertz CT molecular complexity index is 1410. The largest absolute Gasteiger partial charge is 0.494 e. The van der Waals surface area contributed by atoms with Crippen molar-refractivity contribution in [2.45, 2.75) is 62.2 Å². The zero-order valence-corrected chi connectivity index (χ0v) is 25.4. The van der Waals surface area contributed by atoms with Crippen molar-refractivity contribution in [1.82, 2.24) is 10.9 Å². The molecule has 1 amide bonds. The van der Waals surface area contributed by atoms with Gasteiger partial charge in [-0.1, -0.05) is 78.9 Å². The quantitative estimate of drug-likeness (QED) is 0.155. The maximum Gasteiger partial charge on any atom is 0.266 e. The molecule has 10 heteroatoms. The van der Waals surface area contributed by atoms with Crippen LogP contribution in [0.5, 0.6) is 5.75 Å². The summed E-state index contributed by atoms with van der Waals surface area (Å²) in [5, 5.41) is 20.9. The average molecular weight is 627 g/mol. The number of nitrogens with zero attached hydrogens (tertiary/aromatic N) is 1. The Morgan fingerprint density at radius 2 is 1.77 bits per heavy atom. The molecule has 2 atom stereocenters. The monoisotopic (exact) mass is 625 g/mol. The Morgan fingerprint density at radius 3 is 2.47 bits per heavy atom. The summed E-state index contributed by atoms with van der Waals surface area (Å²) in [4.78, 5) is 19.3. The number of hydrogen-bond acceptors (Lipinski definition) is 7. The second-order valence-corrected chi connectivity index (χ2v) is 12.1. The number of rotatable bonds is 12. The van der Waals surface area contributed by atoms with Crippen LogP contribution in [-0.4, -0.2) is 52.9 Å². The van der Waals surface area contributed by atoms with Gasteiger partial charge in [-0.2, -0.15) is 0 Å². The summed E-state index contributed by atoms with van der Waals surface area (Å²) >= 11 is 12.9. The predicted octanol–water partition coefficient (Wildman–Crippen LogP) is 5.57. The van der Waals surface area contributed by atoms with Crippen molar-refractivity contribution in [2.75, 3.05) is 19.8 Å². The number of hydrazine groups is 1. The van der Waals surface area contributed by atoms with Gasteiger partial charge in [0, 0.05) is 47.2 Å².